The van der Waals surface area contributed by atoms with Crippen molar-refractivity contribution in [2.75, 3.05) is 0 Å². The number of nitro groups is 1. The Kier molecular flexibility index (Phi) is 3.57. The third kappa shape index (κ3) is 2.61. The van der Waals surface area contributed by atoms with Crippen molar-refractivity contribution in [3.8, 4) is 0 Å². The fourth-order valence-electron chi connectivity index (χ4n) is 1.70. The first kappa shape index (κ1) is 13.2. The molecule has 96 valence electrons. The molecule has 0 saturated carbocycles. The molecule has 0 aliphatic carbocycles. The standard InChI is InChI=1S/C13H9ClN2O3/c1-8-4-2-3-5-9(8)13(17)12-10(16(18)19)6-7-11(14)15-12/h2-7H,1H3. The van der Waals surface area contributed by atoms with Gasteiger partial charge in [-0.15, -0.1) is 0 Å². The minimum atomic E-state index is -0.644. The summed E-state index contributed by atoms with van der Waals surface area (Å²) in [6.07, 6.45) is 0. The van der Waals surface area contributed by atoms with Crippen molar-refractivity contribution in [3.05, 3.63) is 68.5 Å². The second kappa shape index (κ2) is 5.16. The second-order valence-corrected chi connectivity index (χ2v) is 4.29. The van der Waals surface area contributed by atoms with Crippen molar-refractivity contribution in [2.24, 2.45) is 0 Å². The molecule has 5 nitrogen and oxygen atoms in total. The molecule has 2 aromatic rings. The van der Waals surface area contributed by atoms with E-state index in [4.69, 9.17) is 11.6 Å². The average Bonchev–Trinajstić information content (AvgIpc) is 2.38. The lowest BCUT2D eigenvalue weighted by atomic mass is 10.0. The first-order valence-electron chi connectivity index (χ1n) is 5.42. The zero-order valence-electron chi connectivity index (χ0n) is 9.96. The largest absolute Gasteiger partial charge is 0.299 e. The minimum Gasteiger partial charge on any atom is -0.287 e. The first-order chi connectivity index (χ1) is 9.00. The van der Waals surface area contributed by atoms with Crippen LogP contribution in [0.1, 0.15) is 21.6 Å². The lowest BCUT2D eigenvalue weighted by Crippen LogP contribution is -2.09. The Hall–Kier alpha value is -2.27. The van der Waals surface area contributed by atoms with Crippen LogP contribution in [0.4, 0.5) is 5.69 Å². The van der Waals surface area contributed by atoms with Gasteiger partial charge in [-0.1, -0.05) is 35.9 Å². The maximum absolute atomic E-state index is 12.3. The molecule has 0 saturated heterocycles. The minimum absolute atomic E-state index is 0.0440. The van der Waals surface area contributed by atoms with Crippen LogP contribution in [0.2, 0.25) is 5.15 Å². The van der Waals surface area contributed by atoms with Crippen LogP contribution < -0.4 is 0 Å². The molecule has 0 unspecified atom stereocenters. The fourth-order valence-corrected chi connectivity index (χ4v) is 1.85. The maximum Gasteiger partial charge on any atom is 0.299 e. The molecule has 19 heavy (non-hydrogen) atoms. The van der Waals surface area contributed by atoms with Crippen LogP contribution in [0, 0.1) is 17.0 Å². The van der Waals surface area contributed by atoms with E-state index in [1.807, 2.05) is 0 Å². The van der Waals surface area contributed by atoms with E-state index in [1.54, 1.807) is 31.2 Å². The van der Waals surface area contributed by atoms with E-state index in [1.165, 1.54) is 12.1 Å². The maximum atomic E-state index is 12.3. The van der Waals surface area contributed by atoms with Gasteiger partial charge in [0.05, 0.1) is 4.92 Å². The molecular formula is C13H9ClN2O3. The van der Waals surface area contributed by atoms with Gasteiger partial charge in [-0.2, -0.15) is 0 Å². The molecule has 1 heterocycles. The van der Waals surface area contributed by atoms with E-state index in [2.05, 4.69) is 4.98 Å². The van der Waals surface area contributed by atoms with E-state index >= 15 is 0 Å². The topological polar surface area (TPSA) is 73.1 Å². The van der Waals surface area contributed by atoms with Crippen LogP contribution >= 0.6 is 11.6 Å². The first-order valence-corrected chi connectivity index (χ1v) is 5.80. The predicted octanol–water partition coefficient (Wildman–Crippen LogP) is 3.18. The number of halogens is 1. The molecule has 0 radical (unpaired) electrons. The summed E-state index contributed by atoms with van der Waals surface area (Å²) in [5.74, 6) is -0.507. The number of aromatic nitrogens is 1. The van der Waals surface area contributed by atoms with Gasteiger partial charge in [0.25, 0.3) is 5.69 Å². The summed E-state index contributed by atoms with van der Waals surface area (Å²) < 4.78 is 0. The van der Waals surface area contributed by atoms with Gasteiger partial charge in [0.1, 0.15) is 5.15 Å². The van der Waals surface area contributed by atoms with Crippen molar-refractivity contribution in [1.82, 2.24) is 4.98 Å². The smallest absolute Gasteiger partial charge is 0.287 e. The quantitative estimate of drug-likeness (QED) is 0.373. The molecule has 0 atom stereocenters. The number of hydrogen-bond donors (Lipinski definition) is 0. The van der Waals surface area contributed by atoms with Gasteiger partial charge in [0.15, 0.2) is 5.69 Å². The Labute approximate surface area is 114 Å². The fraction of sp³-hybridized carbons (Fsp3) is 0.0769. The van der Waals surface area contributed by atoms with Crippen molar-refractivity contribution < 1.29 is 9.72 Å². The molecule has 0 aliphatic heterocycles. The van der Waals surface area contributed by atoms with E-state index in [0.29, 0.717) is 5.56 Å². The van der Waals surface area contributed by atoms with Crippen LogP contribution in [0.3, 0.4) is 0 Å². The van der Waals surface area contributed by atoms with E-state index in [-0.39, 0.29) is 16.5 Å². The van der Waals surface area contributed by atoms with Gasteiger partial charge in [-0.05, 0) is 18.6 Å². The third-order valence-electron chi connectivity index (χ3n) is 2.64. The van der Waals surface area contributed by atoms with E-state index in [0.717, 1.165) is 5.56 Å². The highest BCUT2D eigenvalue weighted by Crippen LogP contribution is 2.23. The van der Waals surface area contributed by atoms with Crippen molar-refractivity contribution in [2.45, 2.75) is 6.92 Å². The second-order valence-electron chi connectivity index (χ2n) is 3.90. The van der Waals surface area contributed by atoms with Gasteiger partial charge < -0.3 is 0 Å². The zero-order chi connectivity index (χ0) is 14.0. The number of pyridine rings is 1. The Balaban J connectivity index is 2.59. The number of hydrogen-bond acceptors (Lipinski definition) is 4. The molecule has 0 aliphatic rings. The van der Waals surface area contributed by atoms with Crippen molar-refractivity contribution >= 4 is 23.1 Å². The van der Waals surface area contributed by atoms with Gasteiger partial charge in [-0.25, -0.2) is 4.98 Å². The molecule has 0 bridgehead atoms. The van der Waals surface area contributed by atoms with Gasteiger partial charge in [0.2, 0.25) is 5.78 Å². The Morgan fingerprint density at radius 1 is 1.26 bits per heavy atom. The molecule has 1 aromatic carbocycles. The summed E-state index contributed by atoms with van der Waals surface area (Å²) in [7, 11) is 0. The van der Waals surface area contributed by atoms with E-state index in [9.17, 15) is 14.9 Å². The molecule has 0 N–H and O–H groups in total. The molecule has 6 heteroatoms. The summed E-state index contributed by atoms with van der Waals surface area (Å²) in [6, 6.07) is 9.30. The molecule has 1 aromatic heterocycles. The highest BCUT2D eigenvalue weighted by molar-refractivity contribution is 6.29. The monoisotopic (exact) mass is 276 g/mol. The highest BCUT2D eigenvalue weighted by atomic mass is 35.5. The molecule has 2 rings (SSSR count). The number of carbonyl (C=O) groups excluding carboxylic acids is 1. The molecule has 0 amide bonds. The Morgan fingerprint density at radius 3 is 2.58 bits per heavy atom. The molecule has 0 fully saturated rings. The highest BCUT2D eigenvalue weighted by Gasteiger charge is 2.24. The van der Waals surface area contributed by atoms with Gasteiger partial charge in [-0.3, -0.25) is 14.9 Å². The van der Waals surface area contributed by atoms with E-state index < -0.39 is 10.7 Å². The summed E-state index contributed by atoms with van der Waals surface area (Å²) in [6.45, 7) is 1.75. The number of nitrogens with zero attached hydrogens (tertiary/aromatic N) is 2. The van der Waals surface area contributed by atoms with Gasteiger partial charge in [0, 0.05) is 11.6 Å². The summed E-state index contributed by atoms with van der Waals surface area (Å²) in [5, 5.41) is 11.0. The summed E-state index contributed by atoms with van der Waals surface area (Å²) in [5.41, 5.74) is 0.508. The number of rotatable bonds is 3. The number of ketones is 1. The average molecular weight is 277 g/mol. The SMILES string of the molecule is Cc1ccccc1C(=O)c1nc(Cl)ccc1[N+](=O)[O-]. The lowest BCUT2D eigenvalue weighted by Gasteiger charge is -2.05. The molecule has 0 spiro atoms. The van der Waals surface area contributed by atoms with Crippen molar-refractivity contribution in [1.29, 1.82) is 0 Å². The lowest BCUT2D eigenvalue weighted by molar-refractivity contribution is -0.385. The number of aryl methyl sites for hydroxylation is 1. The number of carbonyl (C=O) groups is 1. The summed E-state index contributed by atoms with van der Waals surface area (Å²) in [4.78, 5) is 26.4. The van der Waals surface area contributed by atoms with Crippen LogP contribution in [0.25, 0.3) is 0 Å². The van der Waals surface area contributed by atoms with Crippen LogP contribution in [0.5, 0.6) is 0 Å². The summed E-state index contributed by atoms with van der Waals surface area (Å²) >= 11 is 5.71. The Morgan fingerprint density at radius 2 is 1.95 bits per heavy atom. The van der Waals surface area contributed by atoms with Gasteiger partial charge >= 0.3 is 0 Å². The third-order valence-corrected chi connectivity index (χ3v) is 2.85. The van der Waals surface area contributed by atoms with Crippen LogP contribution in [-0.2, 0) is 0 Å². The van der Waals surface area contributed by atoms with Crippen LogP contribution in [-0.4, -0.2) is 15.7 Å². The molecular weight excluding hydrogens is 268 g/mol. The van der Waals surface area contributed by atoms with Crippen LogP contribution in [0.15, 0.2) is 36.4 Å². The van der Waals surface area contributed by atoms with Crippen molar-refractivity contribution in [3.63, 3.8) is 0 Å². The zero-order valence-corrected chi connectivity index (χ0v) is 10.7. The normalized spacial score (nSPS) is 10.2. The number of benzene rings is 1. The Bertz CT molecular complexity index is 671. The predicted molar refractivity (Wildman–Crippen MR) is 70.5 cm³/mol.